The minimum absolute atomic E-state index is 0.399. The highest BCUT2D eigenvalue weighted by atomic mass is 15.3. The van der Waals surface area contributed by atoms with E-state index < -0.39 is 0 Å². The van der Waals surface area contributed by atoms with Gasteiger partial charge in [0.15, 0.2) is 0 Å². The van der Waals surface area contributed by atoms with E-state index in [2.05, 4.69) is 60.9 Å². The zero-order valence-electron chi connectivity index (χ0n) is 10.1. The van der Waals surface area contributed by atoms with Gasteiger partial charge in [-0.05, 0) is 37.5 Å². The molecule has 0 radical (unpaired) electrons. The molecule has 2 heteroatoms. The predicted molar refractivity (Wildman–Crippen MR) is 67.4 cm³/mol. The minimum atomic E-state index is 0.399. The highest BCUT2D eigenvalue weighted by Crippen LogP contribution is 2.22. The third kappa shape index (κ3) is 2.01. The summed E-state index contributed by atoms with van der Waals surface area (Å²) in [6, 6.07) is 11.2. The zero-order valence-corrected chi connectivity index (χ0v) is 10.1. The van der Waals surface area contributed by atoms with Gasteiger partial charge in [-0.15, -0.1) is 0 Å². The molecule has 0 saturated heterocycles. The molecule has 0 aliphatic heterocycles. The Balaban J connectivity index is 2.38. The van der Waals surface area contributed by atoms with E-state index >= 15 is 0 Å². The Morgan fingerprint density at radius 3 is 2.38 bits per heavy atom. The smallest absolute Gasteiger partial charge is 0.0685 e. The van der Waals surface area contributed by atoms with Gasteiger partial charge in [0.1, 0.15) is 0 Å². The number of hydrogen-bond acceptors (Lipinski definition) is 1. The normalized spacial score (nSPS) is 11.0. The van der Waals surface area contributed by atoms with Crippen molar-refractivity contribution < 1.29 is 0 Å². The van der Waals surface area contributed by atoms with E-state index in [-0.39, 0.29) is 0 Å². The first kappa shape index (κ1) is 10.9. The van der Waals surface area contributed by atoms with Crippen LogP contribution >= 0.6 is 0 Å². The van der Waals surface area contributed by atoms with Crippen molar-refractivity contribution in [2.45, 2.75) is 33.2 Å². The van der Waals surface area contributed by atoms with Crippen LogP contribution in [0, 0.1) is 0 Å². The number of aryl methyl sites for hydroxylation is 1. The van der Waals surface area contributed by atoms with Gasteiger partial charge in [-0.3, -0.25) is 4.68 Å². The number of rotatable bonds is 3. The third-order valence-electron chi connectivity index (χ3n) is 2.82. The molecular formula is C14H18N2. The maximum Gasteiger partial charge on any atom is 0.0685 e. The van der Waals surface area contributed by atoms with Crippen LogP contribution in [-0.4, -0.2) is 9.78 Å². The molecule has 16 heavy (non-hydrogen) atoms. The number of hydrogen-bond donors (Lipinski definition) is 0. The summed E-state index contributed by atoms with van der Waals surface area (Å²) in [4.78, 5) is 0. The maximum absolute atomic E-state index is 4.35. The molecule has 0 aliphatic rings. The second-order valence-corrected chi connectivity index (χ2v) is 4.31. The van der Waals surface area contributed by atoms with Crippen molar-refractivity contribution in [3.8, 4) is 11.3 Å². The van der Waals surface area contributed by atoms with Crippen molar-refractivity contribution in [1.82, 2.24) is 9.78 Å². The van der Waals surface area contributed by atoms with Crippen LogP contribution in [0.25, 0.3) is 11.3 Å². The van der Waals surface area contributed by atoms with Crippen LogP contribution in [0.5, 0.6) is 0 Å². The molecular weight excluding hydrogens is 196 g/mol. The van der Waals surface area contributed by atoms with Gasteiger partial charge in [0, 0.05) is 12.2 Å². The Hall–Kier alpha value is -1.57. The first-order valence-electron chi connectivity index (χ1n) is 5.85. The van der Waals surface area contributed by atoms with Gasteiger partial charge >= 0.3 is 0 Å². The molecule has 0 saturated carbocycles. The Kier molecular flexibility index (Phi) is 3.09. The predicted octanol–water partition coefficient (Wildman–Crippen LogP) is 3.69. The van der Waals surface area contributed by atoms with Crippen LogP contribution in [0.4, 0.5) is 0 Å². The minimum Gasteiger partial charge on any atom is -0.262 e. The van der Waals surface area contributed by atoms with Crippen LogP contribution in [0.15, 0.2) is 36.5 Å². The largest absolute Gasteiger partial charge is 0.262 e. The zero-order chi connectivity index (χ0) is 11.5. The van der Waals surface area contributed by atoms with E-state index in [4.69, 9.17) is 0 Å². The van der Waals surface area contributed by atoms with Gasteiger partial charge in [-0.2, -0.15) is 5.10 Å². The van der Waals surface area contributed by atoms with E-state index in [0.717, 1.165) is 6.42 Å². The molecule has 0 spiro atoms. The molecule has 0 bridgehead atoms. The molecule has 1 aromatic carbocycles. The molecule has 2 nitrogen and oxygen atoms in total. The first-order valence-corrected chi connectivity index (χ1v) is 5.85. The van der Waals surface area contributed by atoms with Crippen molar-refractivity contribution >= 4 is 0 Å². The summed E-state index contributed by atoms with van der Waals surface area (Å²) in [5.74, 6) is 0. The molecule has 2 aromatic rings. The first-order chi connectivity index (χ1) is 7.72. The summed E-state index contributed by atoms with van der Waals surface area (Å²) in [5, 5.41) is 4.35. The lowest BCUT2D eigenvalue weighted by Crippen LogP contribution is -2.04. The Morgan fingerprint density at radius 2 is 1.81 bits per heavy atom. The van der Waals surface area contributed by atoms with Crippen molar-refractivity contribution in [3.63, 3.8) is 0 Å². The van der Waals surface area contributed by atoms with Crippen molar-refractivity contribution in [2.75, 3.05) is 0 Å². The lowest BCUT2D eigenvalue weighted by Gasteiger charge is -2.11. The van der Waals surface area contributed by atoms with Gasteiger partial charge in [0.2, 0.25) is 0 Å². The van der Waals surface area contributed by atoms with E-state index in [0.29, 0.717) is 6.04 Å². The second-order valence-electron chi connectivity index (χ2n) is 4.31. The molecule has 0 N–H and O–H groups in total. The summed E-state index contributed by atoms with van der Waals surface area (Å²) < 4.78 is 2.06. The highest BCUT2D eigenvalue weighted by molar-refractivity contribution is 5.59. The Labute approximate surface area is 96.9 Å². The van der Waals surface area contributed by atoms with Crippen LogP contribution in [0.2, 0.25) is 0 Å². The van der Waals surface area contributed by atoms with Crippen LogP contribution in [0.1, 0.15) is 32.4 Å². The average molecular weight is 214 g/mol. The summed E-state index contributed by atoms with van der Waals surface area (Å²) in [7, 11) is 0. The molecule has 1 heterocycles. The lowest BCUT2D eigenvalue weighted by atomic mass is 10.1. The van der Waals surface area contributed by atoms with Gasteiger partial charge < -0.3 is 0 Å². The topological polar surface area (TPSA) is 17.8 Å². The summed E-state index contributed by atoms with van der Waals surface area (Å²) in [5.41, 5.74) is 3.81. The van der Waals surface area contributed by atoms with Crippen molar-refractivity contribution in [1.29, 1.82) is 0 Å². The summed E-state index contributed by atoms with van der Waals surface area (Å²) >= 11 is 0. The monoisotopic (exact) mass is 214 g/mol. The average Bonchev–Trinajstić information content (AvgIpc) is 2.78. The van der Waals surface area contributed by atoms with Crippen LogP contribution < -0.4 is 0 Å². The fourth-order valence-electron chi connectivity index (χ4n) is 1.87. The van der Waals surface area contributed by atoms with Gasteiger partial charge in [-0.25, -0.2) is 0 Å². The molecule has 84 valence electrons. The van der Waals surface area contributed by atoms with Gasteiger partial charge in [0.25, 0.3) is 0 Å². The lowest BCUT2D eigenvalue weighted by molar-refractivity contribution is 0.538. The molecule has 0 fully saturated rings. The molecule has 0 atom stereocenters. The highest BCUT2D eigenvalue weighted by Gasteiger charge is 2.07. The molecule has 2 rings (SSSR count). The van der Waals surface area contributed by atoms with E-state index in [9.17, 15) is 0 Å². The Morgan fingerprint density at radius 1 is 1.12 bits per heavy atom. The quantitative estimate of drug-likeness (QED) is 0.762. The van der Waals surface area contributed by atoms with E-state index in [1.165, 1.54) is 16.8 Å². The molecule has 0 amide bonds. The fraction of sp³-hybridized carbons (Fsp3) is 0.357. The second kappa shape index (κ2) is 4.52. The summed E-state index contributed by atoms with van der Waals surface area (Å²) in [6.45, 7) is 6.47. The van der Waals surface area contributed by atoms with E-state index in [1.54, 1.807) is 0 Å². The number of benzene rings is 1. The van der Waals surface area contributed by atoms with Crippen molar-refractivity contribution in [2.24, 2.45) is 0 Å². The number of aromatic nitrogens is 2. The SMILES string of the molecule is CCc1ccc(-c2ccnn2C(C)C)cc1. The van der Waals surface area contributed by atoms with Gasteiger partial charge in [-0.1, -0.05) is 31.2 Å². The maximum atomic E-state index is 4.35. The van der Waals surface area contributed by atoms with E-state index in [1.807, 2.05) is 6.20 Å². The molecule has 0 unspecified atom stereocenters. The van der Waals surface area contributed by atoms with Crippen molar-refractivity contribution in [3.05, 3.63) is 42.1 Å². The fourth-order valence-corrected chi connectivity index (χ4v) is 1.87. The standard InChI is InChI=1S/C14H18N2/c1-4-12-5-7-13(8-6-12)14-9-10-15-16(14)11(2)3/h5-11H,4H2,1-3H3. The third-order valence-corrected chi connectivity index (χ3v) is 2.82. The number of nitrogens with zero attached hydrogens (tertiary/aromatic N) is 2. The van der Waals surface area contributed by atoms with Crippen LogP contribution in [0.3, 0.4) is 0 Å². The summed E-state index contributed by atoms with van der Waals surface area (Å²) in [6.07, 6.45) is 2.95. The van der Waals surface area contributed by atoms with Gasteiger partial charge in [0.05, 0.1) is 5.69 Å². The Bertz CT molecular complexity index is 452. The molecule has 0 aliphatic carbocycles. The van der Waals surface area contributed by atoms with Crippen LogP contribution in [-0.2, 0) is 6.42 Å². The molecule has 1 aromatic heterocycles.